The maximum atomic E-state index is 13.4. The molecule has 0 radical (unpaired) electrons. The van der Waals surface area contributed by atoms with Crippen LogP contribution in [0.5, 0.6) is 0 Å². The number of carbonyl (C=O) groups is 2. The van der Waals surface area contributed by atoms with Crippen molar-refractivity contribution in [2.75, 3.05) is 11.9 Å². The third kappa shape index (κ3) is 3.99. The van der Waals surface area contributed by atoms with Gasteiger partial charge in [0.15, 0.2) is 5.78 Å². The lowest BCUT2D eigenvalue weighted by molar-refractivity contribution is -0.151. The molecule has 1 aliphatic carbocycles. The smallest absolute Gasteiger partial charge is 0.317 e. The summed E-state index contributed by atoms with van der Waals surface area (Å²) in [5.41, 5.74) is 2.10. The molecule has 0 saturated carbocycles. The van der Waals surface area contributed by atoms with Gasteiger partial charge in [0.1, 0.15) is 11.7 Å². The number of ketones is 1. The summed E-state index contributed by atoms with van der Waals surface area (Å²) in [4.78, 5) is 25.0. The maximum Gasteiger partial charge on any atom is 0.317 e. The first-order chi connectivity index (χ1) is 12.6. The molecule has 0 heterocycles. The van der Waals surface area contributed by atoms with Crippen LogP contribution in [0.2, 0.25) is 0 Å². The molecule has 2 atom stereocenters. The van der Waals surface area contributed by atoms with Gasteiger partial charge in [0, 0.05) is 23.4 Å². The molecule has 0 bridgehead atoms. The first-order valence-electron chi connectivity index (χ1n) is 8.57. The van der Waals surface area contributed by atoms with E-state index in [4.69, 9.17) is 4.74 Å². The lowest BCUT2D eigenvalue weighted by atomic mass is 9.76. The van der Waals surface area contributed by atoms with Crippen molar-refractivity contribution in [3.63, 3.8) is 0 Å². The number of allylic oxidation sites excluding steroid dienone is 2. The minimum absolute atomic E-state index is 0.224. The molecule has 0 unspecified atom stereocenters. The summed E-state index contributed by atoms with van der Waals surface area (Å²) < 4.78 is 18.5. The summed E-state index contributed by atoms with van der Waals surface area (Å²) >= 11 is 0. The Labute approximate surface area is 151 Å². The molecule has 0 aliphatic heterocycles. The number of hydrogen-bond donors (Lipinski definition) is 1. The second kappa shape index (κ2) is 7.95. The van der Waals surface area contributed by atoms with Crippen molar-refractivity contribution in [1.29, 1.82) is 0 Å². The average Bonchev–Trinajstić information content (AvgIpc) is 2.62. The molecule has 2 aromatic carbocycles. The maximum absolute atomic E-state index is 13.4. The zero-order valence-corrected chi connectivity index (χ0v) is 14.4. The Kier molecular flexibility index (Phi) is 5.46. The molecule has 4 nitrogen and oxygen atoms in total. The Bertz CT molecular complexity index is 832. The second-order valence-corrected chi connectivity index (χ2v) is 6.16. The molecule has 3 rings (SSSR count). The topological polar surface area (TPSA) is 55.4 Å². The Balaban J connectivity index is 1.91. The van der Waals surface area contributed by atoms with E-state index in [9.17, 15) is 14.0 Å². The van der Waals surface area contributed by atoms with Crippen molar-refractivity contribution < 1.29 is 18.7 Å². The van der Waals surface area contributed by atoms with Gasteiger partial charge in [-0.25, -0.2) is 4.39 Å². The van der Waals surface area contributed by atoms with Gasteiger partial charge in [-0.15, -0.1) is 0 Å². The summed E-state index contributed by atoms with van der Waals surface area (Å²) in [5.74, 6) is -2.36. The molecule has 0 spiro atoms. The Morgan fingerprint density at radius 3 is 2.65 bits per heavy atom. The van der Waals surface area contributed by atoms with Crippen molar-refractivity contribution in [2.45, 2.75) is 19.3 Å². The summed E-state index contributed by atoms with van der Waals surface area (Å²) in [6, 6.07) is 15.5. The van der Waals surface area contributed by atoms with Crippen LogP contribution in [0, 0.1) is 11.7 Å². The van der Waals surface area contributed by atoms with Crippen LogP contribution >= 0.6 is 0 Å². The molecule has 0 saturated heterocycles. The van der Waals surface area contributed by atoms with Crippen molar-refractivity contribution in [3.8, 4) is 0 Å². The highest BCUT2D eigenvalue weighted by Gasteiger charge is 2.39. The van der Waals surface area contributed by atoms with Crippen LogP contribution in [0.3, 0.4) is 0 Å². The van der Waals surface area contributed by atoms with Crippen LogP contribution < -0.4 is 5.32 Å². The van der Waals surface area contributed by atoms with Gasteiger partial charge in [-0.05, 0) is 37.1 Å². The van der Waals surface area contributed by atoms with Crippen molar-refractivity contribution >= 4 is 17.4 Å². The fraction of sp³-hybridized carbons (Fsp3) is 0.238. The molecule has 0 amide bonds. The normalized spacial score (nSPS) is 19.6. The minimum atomic E-state index is -0.865. The van der Waals surface area contributed by atoms with Crippen LogP contribution in [0.15, 0.2) is 66.4 Å². The minimum Gasteiger partial charge on any atom is -0.465 e. The lowest BCUT2D eigenvalue weighted by Gasteiger charge is -2.29. The molecule has 1 aliphatic rings. The summed E-state index contributed by atoms with van der Waals surface area (Å²) in [6.07, 6.45) is 1.88. The van der Waals surface area contributed by atoms with Crippen molar-refractivity contribution in [1.82, 2.24) is 0 Å². The second-order valence-electron chi connectivity index (χ2n) is 6.16. The fourth-order valence-corrected chi connectivity index (χ4v) is 3.24. The molecule has 2 aromatic rings. The highest BCUT2D eigenvalue weighted by atomic mass is 19.1. The predicted molar refractivity (Wildman–Crippen MR) is 97.0 cm³/mol. The first-order valence-corrected chi connectivity index (χ1v) is 8.57. The molecular formula is C21H20FNO3. The third-order valence-electron chi connectivity index (χ3n) is 4.36. The fourth-order valence-electron chi connectivity index (χ4n) is 3.24. The average molecular weight is 353 g/mol. The number of nitrogens with one attached hydrogen (secondary N) is 1. The van der Waals surface area contributed by atoms with Gasteiger partial charge in [0.05, 0.1) is 6.61 Å². The van der Waals surface area contributed by atoms with Crippen molar-refractivity contribution in [2.24, 2.45) is 5.92 Å². The van der Waals surface area contributed by atoms with E-state index in [2.05, 4.69) is 5.32 Å². The van der Waals surface area contributed by atoms with E-state index in [1.807, 2.05) is 30.3 Å². The Hall–Kier alpha value is -2.95. The highest BCUT2D eigenvalue weighted by molar-refractivity contribution is 6.07. The molecule has 26 heavy (non-hydrogen) atoms. The predicted octanol–water partition coefficient (Wildman–Crippen LogP) is 4.06. The van der Waals surface area contributed by atoms with Crippen LogP contribution in [-0.2, 0) is 14.3 Å². The molecular weight excluding hydrogens is 333 g/mol. The SMILES string of the molecule is CCOC(=O)[C@H]1C(=O)C=C(Nc2cccc(F)c2)C[C@H]1c1ccccc1. The van der Waals surface area contributed by atoms with E-state index in [-0.39, 0.29) is 24.1 Å². The van der Waals surface area contributed by atoms with Gasteiger partial charge in [-0.2, -0.15) is 0 Å². The highest BCUT2D eigenvalue weighted by Crippen LogP contribution is 2.37. The molecule has 5 heteroatoms. The number of anilines is 1. The summed E-state index contributed by atoms with van der Waals surface area (Å²) in [5, 5.41) is 3.09. The van der Waals surface area contributed by atoms with Gasteiger partial charge in [-0.3, -0.25) is 9.59 Å². The summed E-state index contributed by atoms with van der Waals surface area (Å²) in [6.45, 7) is 1.94. The monoisotopic (exact) mass is 353 g/mol. The van der Waals surface area contributed by atoms with Gasteiger partial charge >= 0.3 is 5.97 Å². The standard InChI is InChI=1S/C21H20FNO3/c1-2-26-21(25)20-18(14-7-4-3-5-8-14)12-17(13-19(20)24)23-16-10-6-9-15(22)11-16/h3-11,13,18,20,23H,2,12H2,1H3/t18-,20+/m0/s1. The third-order valence-corrected chi connectivity index (χ3v) is 4.36. The van der Waals surface area contributed by atoms with Crippen LogP contribution in [-0.4, -0.2) is 18.4 Å². The zero-order chi connectivity index (χ0) is 18.5. The molecule has 0 aromatic heterocycles. The van der Waals surface area contributed by atoms with Crippen LogP contribution in [0.4, 0.5) is 10.1 Å². The number of ether oxygens (including phenoxy) is 1. The Morgan fingerprint density at radius 2 is 1.96 bits per heavy atom. The number of hydrogen-bond acceptors (Lipinski definition) is 4. The van der Waals surface area contributed by atoms with Crippen LogP contribution in [0.1, 0.15) is 24.8 Å². The van der Waals surface area contributed by atoms with Gasteiger partial charge in [-0.1, -0.05) is 36.4 Å². The number of rotatable bonds is 5. The summed E-state index contributed by atoms with van der Waals surface area (Å²) in [7, 11) is 0. The number of carbonyl (C=O) groups excluding carboxylic acids is 2. The van der Waals surface area contributed by atoms with E-state index in [1.54, 1.807) is 19.1 Å². The number of benzene rings is 2. The zero-order valence-electron chi connectivity index (χ0n) is 14.4. The van der Waals surface area contributed by atoms with Gasteiger partial charge in [0.25, 0.3) is 0 Å². The lowest BCUT2D eigenvalue weighted by Crippen LogP contribution is -2.35. The first kappa shape index (κ1) is 17.9. The quantitative estimate of drug-likeness (QED) is 0.651. The van der Waals surface area contributed by atoms with E-state index in [1.165, 1.54) is 18.2 Å². The van der Waals surface area contributed by atoms with E-state index in [0.717, 1.165) is 5.56 Å². The van der Waals surface area contributed by atoms with E-state index >= 15 is 0 Å². The number of halogens is 1. The number of esters is 1. The van der Waals surface area contributed by atoms with E-state index < -0.39 is 11.9 Å². The van der Waals surface area contributed by atoms with Gasteiger partial charge < -0.3 is 10.1 Å². The van der Waals surface area contributed by atoms with Gasteiger partial charge in [0.2, 0.25) is 0 Å². The van der Waals surface area contributed by atoms with Crippen LogP contribution in [0.25, 0.3) is 0 Å². The largest absolute Gasteiger partial charge is 0.465 e. The molecule has 0 fully saturated rings. The molecule has 1 N–H and O–H groups in total. The molecule has 134 valence electrons. The Morgan fingerprint density at radius 1 is 1.19 bits per heavy atom. The van der Waals surface area contributed by atoms with E-state index in [0.29, 0.717) is 17.8 Å². The van der Waals surface area contributed by atoms with Crippen molar-refractivity contribution in [3.05, 3.63) is 77.8 Å².